The van der Waals surface area contributed by atoms with Gasteiger partial charge < -0.3 is 10.1 Å². The first-order chi connectivity index (χ1) is 7.83. The maximum atomic E-state index is 13.5. The molecule has 0 bridgehead atoms. The standard InChI is InChI=1S/C13H18FNO/c1-2-16-9-8-15-13-7-6-10-11(13)4-3-5-12(10)14/h3-5,13,15H,2,6-9H2,1H3. The summed E-state index contributed by atoms with van der Waals surface area (Å²) in [5.41, 5.74) is 2.01. The molecule has 1 unspecified atom stereocenters. The summed E-state index contributed by atoms with van der Waals surface area (Å²) in [5, 5.41) is 3.41. The Kier molecular flexibility index (Phi) is 3.91. The van der Waals surface area contributed by atoms with Crippen LogP contribution in [0.15, 0.2) is 18.2 Å². The molecule has 2 rings (SSSR count). The van der Waals surface area contributed by atoms with Crippen molar-refractivity contribution in [2.24, 2.45) is 0 Å². The first kappa shape index (κ1) is 11.6. The van der Waals surface area contributed by atoms with Crippen molar-refractivity contribution >= 4 is 0 Å². The van der Waals surface area contributed by atoms with Crippen molar-refractivity contribution in [1.29, 1.82) is 0 Å². The summed E-state index contributed by atoms with van der Waals surface area (Å²) in [5.74, 6) is -0.0633. The van der Waals surface area contributed by atoms with E-state index in [0.29, 0.717) is 6.04 Å². The monoisotopic (exact) mass is 223 g/mol. The Morgan fingerprint density at radius 2 is 2.38 bits per heavy atom. The van der Waals surface area contributed by atoms with Crippen molar-refractivity contribution in [3.05, 3.63) is 35.1 Å². The zero-order chi connectivity index (χ0) is 11.4. The molecule has 1 aliphatic rings. The average Bonchev–Trinajstić information content (AvgIpc) is 2.70. The fraction of sp³-hybridized carbons (Fsp3) is 0.538. The second kappa shape index (κ2) is 5.41. The van der Waals surface area contributed by atoms with E-state index in [9.17, 15) is 4.39 Å². The molecule has 0 aromatic heterocycles. The Bertz CT molecular complexity index is 354. The summed E-state index contributed by atoms with van der Waals surface area (Å²) in [7, 11) is 0. The van der Waals surface area contributed by atoms with E-state index in [1.165, 1.54) is 0 Å². The fourth-order valence-electron chi connectivity index (χ4n) is 2.27. The number of hydrogen-bond acceptors (Lipinski definition) is 2. The fourth-order valence-corrected chi connectivity index (χ4v) is 2.27. The van der Waals surface area contributed by atoms with E-state index < -0.39 is 0 Å². The van der Waals surface area contributed by atoms with E-state index in [2.05, 4.69) is 5.32 Å². The van der Waals surface area contributed by atoms with Gasteiger partial charge in [-0.1, -0.05) is 12.1 Å². The molecular formula is C13H18FNO. The molecule has 0 fully saturated rings. The first-order valence-corrected chi connectivity index (χ1v) is 5.91. The SMILES string of the molecule is CCOCCNC1CCc2c(F)cccc21. The van der Waals surface area contributed by atoms with E-state index in [-0.39, 0.29) is 5.82 Å². The molecule has 0 amide bonds. The zero-order valence-corrected chi connectivity index (χ0v) is 9.63. The highest BCUT2D eigenvalue weighted by Gasteiger charge is 2.23. The predicted molar refractivity (Wildman–Crippen MR) is 62.0 cm³/mol. The highest BCUT2D eigenvalue weighted by molar-refractivity contribution is 5.35. The van der Waals surface area contributed by atoms with E-state index in [1.807, 2.05) is 13.0 Å². The van der Waals surface area contributed by atoms with Gasteiger partial charge in [-0.05, 0) is 37.0 Å². The van der Waals surface area contributed by atoms with Gasteiger partial charge in [-0.2, -0.15) is 0 Å². The molecule has 1 N–H and O–H groups in total. The molecule has 0 radical (unpaired) electrons. The minimum absolute atomic E-state index is 0.0633. The van der Waals surface area contributed by atoms with E-state index in [0.717, 1.165) is 43.7 Å². The smallest absolute Gasteiger partial charge is 0.126 e. The van der Waals surface area contributed by atoms with Gasteiger partial charge in [0.2, 0.25) is 0 Å². The van der Waals surface area contributed by atoms with Gasteiger partial charge in [-0.25, -0.2) is 4.39 Å². The molecule has 0 spiro atoms. The molecule has 1 aliphatic carbocycles. The van der Waals surface area contributed by atoms with Crippen molar-refractivity contribution in [2.45, 2.75) is 25.8 Å². The molecule has 0 heterocycles. The highest BCUT2D eigenvalue weighted by atomic mass is 19.1. The number of ether oxygens (including phenoxy) is 1. The Balaban J connectivity index is 1.93. The van der Waals surface area contributed by atoms with Gasteiger partial charge in [0, 0.05) is 19.2 Å². The number of nitrogens with one attached hydrogen (secondary N) is 1. The molecule has 1 aromatic carbocycles. The van der Waals surface area contributed by atoms with Crippen LogP contribution in [0, 0.1) is 5.82 Å². The summed E-state index contributed by atoms with van der Waals surface area (Å²) < 4.78 is 18.7. The van der Waals surface area contributed by atoms with Gasteiger partial charge in [-0.15, -0.1) is 0 Å². The van der Waals surface area contributed by atoms with Gasteiger partial charge >= 0.3 is 0 Å². The molecule has 0 saturated heterocycles. The van der Waals surface area contributed by atoms with Crippen molar-refractivity contribution in [3.63, 3.8) is 0 Å². The van der Waals surface area contributed by atoms with Crippen LogP contribution in [0.1, 0.15) is 30.5 Å². The van der Waals surface area contributed by atoms with E-state index in [1.54, 1.807) is 12.1 Å². The van der Waals surface area contributed by atoms with Gasteiger partial charge in [0.05, 0.1) is 6.61 Å². The van der Waals surface area contributed by atoms with E-state index in [4.69, 9.17) is 4.74 Å². The van der Waals surface area contributed by atoms with Crippen LogP contribution in [0.25, 0.3) is 0 Å². The van der Waals surface area contributed by atoms with Crippen molar-refractivity contribution < 1.29 is 9.13 Å². The Morgan fingerprint density at radius 3 is 3.19 bits per heavy atom. The first-order valence-electron chi connectivity index (χ1n) is 5.91. The predicted octanol–water partition coefficient (Wildman–Crippen LogP) is 2.44. The van der Waals surface area contributed by atoms with Crippen LogP contribution in [0.3, 0.4) is 0 Å². The second-order valence-electron chi connectivity index (χ2n) is 4.05. The summed E-state index contributed by atoms with van der Waals surface area (Å²) in [6, 6.07) is 5.65. The van der Waals surface area contributed by atoms with Gasteiger partial charge in [-0.3, -0.25) is 0 Å². The van der Waals surface area contributed by atoms with Gasteiger partial charge in [0.1, 0.15) is 5.82 Å². The topological polar surface area (TPSA) is 21.3 Å². The Hall–Kier alpha value is -0.930. The molecule has 3 heteroatoms. The van der Waals surface area contributed by atoms with Crippen molar-refractivity contribution in [3.8, 4) is 0 Å². The van der Waals surface area contributed by atoms with Crippen LogP contribution >= 0.6 is 0 Å². The van der Waals surface area contributed by atoms with Crippen LogP contribution in [0.5, 0.6) is 0 Å². The number of halogens is 1. The Morgan fingerprint density at radius 1 is 1.50 bits per heavy atom. The normalized spacial score (nSPS) is 18.8. The number of rotatable bonds is 5. The minimum Gasteiger partial charge on any atom is -0.380 e. The summed E-state index contributed by atoms with van der Waals surface area (Å²) in [6.45, 7) is 4.28. The molecule has 16 heavy (non-hydrogen) atoms. The van der Waals surface area contributed by atoms with Crippen LogP contribution in [0.2, 0.25) is 0 Å². The maximum absolute atomic E-state index is 13.5. The highest BCUT2D eigenvalue weighted by Crippen LogP contribution is 2.32. The maximum Gasteiger partial charge on any atom is 0.126 e. The third-order valence-electron chi connectivity index (χ3n) is 3.05. The van der Waals surface area contributed by atoms with Gasteiger partial charge in [0.15, 0.2) is 0 Å². The Labute approximate surface area is 95.8 Å². The lowest BCUT2D eigenvalue weighted by atomic mass is 10.1. The zero-order valence-electron chi connectivity index (χ0n) is 9.63. The van der Waals surface area contributed by atoms with Crippen LogP contribution in [-0.4, -0.2) is 19.8 Å². The molecule has 0 aliphatic heterocycles. The lowest BCUT2D eigenvalue weighted by molar-refractivity contribution is 0.147. The summed E-state index contributed by atoms with van der Waals surface area (Å²) >= 11 is 0. The molecule has 2 nitrogen and oxygen atoms in total. The van der Waals surface area contributed by atoms with Crippen LogP contribution in [0.4, 0.5) is 4.39 Å². The average molecular weight is 223 g/mol. The summed E-state index contributed by atoms with van der Waals surface area (Å²) in [4.78, 5) is 0. The third kappa shape index (κ3) is 2.42. The second-order valence-corrected chi connectivity index (χ2v) is 4.05. The van der Waals surface area contributed by atoms with Crippen molar-refractivity contribution in [1.82, 2.24) is 5.32 Å². The molecule has 0 saturated carbocycles. The lowest BCUT2D eigenvalue weighted by Crippen LogP contribution is -2.23. The number of hydrogen-bond donors (Lipinski definition) is 1. The lowest BCUT2D eigenvalue weighted by Gasteiger charge is -2.13. The largest absolute Gasteiger partial charge is 0.380 e. The quantitative estimate of drug-likeness (QED) is 0.774. The molecule has 1 atom stereocenters. The van der Waals surface area contributed by atoms with E-state index >= 15 is 0 Å². The van der Waals surface area contributed by atoms with Crippen LogP contribution < -0.4 is 5.32 Å². The molecular weight excluding hydrogens is 205 g/mol. The minimum atomic E-state index is -0.0633. The van der Waals surface area contributed by atoms with Crippen molar-refractivity contribution in [2.75, 3.05) is 19.8 Å². The van der Waals surface area contributed by atoms with Gasteiger partial charge in [0.25, 0.3) is 0 Å². The number of benzene rings is 1. The third-order valence-corrected chi connectivity index (χ3v) is 3.05. The number of fused-ring (bicyclic) bond motifs is 1. The summed E-state index contributed by atoms with van der Waals surface area (Å²) in [6.07, 6.45) is 1.83. The van der Waals surface area contributed by atoms with Crippen LogP contribution in [-0.2, 0) is 11.2 Å². The molecule has 1 aromatic rings. The molecule has 88 valence electrons.